The van der Waals surface area contributed by atoms with E-state index in [1.165, 1.54) is 11.9 Å². The number of nitrogens with two attached hydrogens (primary N) is 2. The number of benzene rings is 3. The van der Waals surface area contributed by atoms with E-state index in [2.05, 4.69) is 81.7 Å². The van der Waals surface area contributed by atoms with Crippen LogP contribution in [0.5, 0.6) is 0 Å². The maximum atomic E-state index is 6.43. The minimum Gasteiger partial charge on any atom is -0.383 e. The van der Waals surface area contributed by atoms with Crippen molar-refractivity contribution in [1.82, 2.24) is 29.7 Å². The average molecular weight is 538 g/mol. The molecular weight excluding hydrogens is 510 g/mol. The van der Waals surface area contributed by atoms with Crippen LogP contribution in [0.1, 0.15) is 22.3 Å². The molecule has 0 aliphatic carbocycles. The van der Waals surface area contributed by atoms with Gasteiger partial charge in [0.05, 0.1) is 17.4 Å². The van der Waals surface area contributed by atoms with E-state index in [0.717, 1.165) is 50.2 Å². The Balaban J connectivity index is 1.41. The van der Waals surface area contributed by atoms with Crippen LogP contribution < -0.4 is 16.4 Å². The third kappa shape index (κ3) is 3.98. The minimum atomic E-state index is 0.231. The number of para-hydroxylation sites is 1. The molecule has 0 radical (unpaired) electrons. The lowest BCUT2D eigenvalue weighted by Crippen LogP contribution is -2.28. The summed E-state index contributed by atoms with van der Waals surface area (Å²) in [4.78, 5) is 19.6. The van der Waals surface area contributed by atoms with E-state index in [1.54, 1.807) is 6.20 Å². The van der Waals surface area contributed by atoms with Gasteiger partial charge in [0, 0.05) is 39.8 Å². The van der Waals surface area contributed by atoms with Gasteiger partial charge in [-0.1, -0.05) is 49.0 Å². The molecule has 4 N–H and O–H groups in total. The van der Waals surface area contributed by atoms with Gasteiger partial charge in [0.1, 0.15) is 17.8 Å². The molecule has 41 heavy (non-hydrogen) atoms. The molecule has 0 saturated carbocycles. The summed E-state index contributed by atoms with van der Waals surface area (Å²) >= 11 is 0. The number of allylic oxidation sites excluding steroid dienone is 1. The molecule has 0 fully saturated rings. The van der Waals surface area contributed by atoms with Gasteiger partial charge in [-0.25, -0.2) is 24.6 Å². The van der Waals surface area contributed by atoms with Gasteiger partial charge in [0.15, 0.2) is 5.65 Å². The fourth-order valence-electron chi connectivity index (χ4n) is 5.66. The number of hydrogen-bond acceptors (Lipinski definition) is 8. The molecule has 7 rings (SSSR count). The van der Waals surface area contributed by atoms with Crippen molar-refractivity contribution in [2.45, 2.75) is 20.4 Å². The van der Waals surface area contributed by atoms with Gasteiger partial charge in [-0.2, -0.15) is 5.10 Å². The molecule has 1 aliphatic rings. The Labute approximate surface area is 236 Å². The summed E-state index contributed by atoms with van der Waals surface area (Å²) in [5, 5.41) is 6.60. The van der Waals surface area contributed by atoms with Crippen LogP contribution in [0.3, 0.4) is 0 Å². The number of aromatic nitrogens is 6. The van der Waals surface area contributed by atoms with Gasteiger partial charge in [-0.05, 0) is 54.8 Å². The minimum absolute atomic E-state index is 0.231. The topological polar surface area (TPSA) is 125 Å². The van der Waals surface area contributed by atoms with Gasteiger partial charge in [-0.15, -0.1) is 0 Å². The van der Waals surface area contributed by atoms with Crippen molar-refractivity contribution in [3.8, 4) is 11.3 Å². The van der Waals surface area contributed by atoms with Crippen molar-refractivity contribution in [3.63, 3.8) is 0 Å². The molecular formula is C32H27N9. The fourth-order valence-corrected chi connectivity index (χ4v) is 5.66. The molecule has 3 aromatic carbocycles. The molecule has 9 heteroatoms. The summed E-state index contributed by atoms with van der Waals surface area (Å²) in [7, 11) is 0. The van der Waals surface area contributed by atoms with Gasteiger partial charge in [-0.3, -0.25) is 0 Å². The summed E-state index contributed by atoms with van der Waals surface area (Å²) in [5.41, 5.74) is 22.7. The SMILES string of the molecule is C=C1c2c(C)cccc2C=C(Cn2nc(-c3ccc4nc(N)ncc4c3)c3c(N)ncnc32)N1c1ccccc1C. The van der Waals surface area contributed by atoms with E-state index in [9.17, 15) is 0 Å². The molecule has 4 heterocycles. The van der Waals surface area contributed by atoms with E-state index in [0.29, 0.717) is 29.1 Å². The number of anilines is 3. The van der Waals surface area contributed by atoms with Crippen molar-refractivity contribution < 1.29 is 0 Å². The highest BCUT2D eigenvalue weighted by Crippen LogP contribution is 2.40. The summed E-state index contributed by atoms with van der Waals surface area (Å²) in [5.74, 6) is 0.596. The molecule has 0 bridgehead atoms. The normalized spacial score (nSPS) is 13.1. The van der Waals surface area contributed by atoms with Crippen LogP contribution >= 0.6 is 0 Å². The largest absolute Gasteiger partial charge is 0.383 e. The van der Waals surface area contributed by atoms with E-state index >= 15 is 0 Å². The van der Waals surface area contributed by atoms with Crippen LogP contribution in [0.15, 0.2) is 85.5 Å². The van der Waals surface area contributed by atoms with E-state index in [1.807, 2.05) is 35.0 Å². The predicted molar refractivity (Wildman–Crippen MR) is 165 cm³/mol. The molecule has 0 amide bonds. The lowest BCUT2D eigenvalue weighted by Gasteiger charge is -2.35. The third-order valence-electron chi connectivity index (χ3n) is 7.57. The standard InChI is InChI=1S/C32H27N9/c1-18-7-4-5-10-26(18)41-20(3)27-19(2)8-6-9-21(27)14-24(41)16-40-31-28(30(33)36-17-37-31)29(39-40)22-11-12-25-23(13-22)15-35-32(34)38-25/h4-15,17H,3,16H2,1-2H3,(H2,33,36,37)(H2,34,35,38). The zero-order chi connectivity index (χ0) is 28.2. The quantitative estimate of drug-likeness (QED) is 0.291. The predicted octanol–water partition coefficient (Wildman–Crippen LogP) is 5.75. The first kappa shape index (κ1) is 24.5. The number of nitrogens with zero attached hydrogens (tertiary/aromatic N) is 7. The van der Waals surface area contributed by atoms with Crippen LogP contribution in [0, 0.1) is 13.8 Å². The van der Waals surface area contributed by atoms with Crippen LogP contribution in [0.4, 0.5) is 17.5 Å². The monoisotopic (exact) mass is 537 g/mol. The summed E-state index contributed by atoms with van der Waals surface area (Å²) in [6.45, 7) is 9.22. The Hall–Kier alpha value is -5.57. The van der Waals surface area contributed by atoms with Gasteiger partial charge in [0.25, 0.3) is 0 Å². The number of aryl methyl sites for hydroxylation is 2. The molecule has 0 atom stereocenters. The van der Waals surface area contributed by atoms with E-state index in [4.69, 9.17) is 16.6 Å². The molecule has 0 saturated heterocycles. The number of nitrogen functional groups attached to an aromatic ring is 2. The van der Waals surface area contributed by atoms with Gasteiger partial charge >= 0.3 is 0 Å². The highest BCUT2D eigenvalue weighted by molar-refractivity contribution is 6.00. The van der Waals surface area contributed by atoms with Crippen LogP contribution in [-0.4, -0.2) is 29.7 Å². The number of hydrogen-bond donors (Lipinski definition) is 2. The second-order valence-corrected chi connectivity index (χ2v) is 10.2. The lowest BCUT2D eigenvalue weighted by molar-refractivity contribution is 0.689. The van der Waals surface area contributed by atoms with Crippen molar-refractivity contribution in [2.75, 3.05) is 16.4 Å². The second-order valence-electron chi connectivity index (χ2n) is 10.2. The number of fused-ring (bicyclic) bond motifs is 3. The molecule has 1 aliphatic heterocycles. The van der Waals surface area contributed by atoms with Crippen molar-refractivity contribution in [3.05, 3.63) is 108 Å². The van der Waals surface area contributed by atoms with E-state index < -0.39 is 0 Å². The van der Waals surface area contributed by atoms with Gasteiger partial charge < -0.3 is 16.4 Å². The first-order chi connectivity index (χ1) is 19.9. The first-order valence-electron chi connectivity index (χ1n) is 13.2. The lowest BCUT2D eigenvalue weighted by atomic mass is 9.93. The first-order valence-corrected chi connectivity index (χ1v) is 13.2. The maximum absolute atomic E-state index is 6.43. The van der Waals surface area contributed by atoms with Crippen LogP contribution in [0.25, 0.3) is 45.0 Å². The van der Waals surface area contributed by atoms with Gasteiger partial charge in [0.2, 0.25) is 5.95 Å². The Bertz CT molecular complexity index is 2050. The Morgan fingerprint density at radius 2 is 1.73 bits per heavy atom. The van der Waals surface area contributed by atoms with Crippen molar-refractivity contribution in [2.24, 2.45) is 0 Å². The maximum Gasteiger partial charge on any atom is 0.220 e. The number of rotatable bonds is 4. The highest BCUT2D eigenvalue weighted by Gasteiger charge is 2.27. The van der Waals surface area contributed by atoms with Crippen molar-refractivity contribution in [1.29, 1.82) is 0 Å². The van der Waals surface area contributed by atoms with Crippen LogP contribution in [-0.2, 0) is 6.54 Å². The molecule has 6 aromatic rings. The smallest absolute Gasteiger partial charge is 0.220 e. The summed E-state index contributed by atoms with van der Waals surface area (Å²) in [6.07, 6.45) is 5.39. The molecule has 3 aromatic heterocycles. The molecule has 0 spiro atoms. The molecule has 200 valence electrons. The summed E-state index contributed by atoms with van der Waals surface area (Å²) in [6, 6.07) is 20.5. The fraction of sp³-hybridized carbons (Fsp3) is 0.0938. The summed E-state index contributed by atoms with van der Waals surface area (Å²) < 4.78 is 1.89. The zero-order valence-corrected chi connectivity index (χ0v) is 22.7. The third-order valence-corrected chi connectivity index (χ3v) is 7.57. The average Bonchev–Trinajstić information content (AvgIpc) is 3.33. The van der Waals surface area contributed by atoms with E-state index in [-0.39, 0.29) is 5.95 Å². The zero-order valence-electron chi connectivity index (χ0n) is 22.7. The van der Waals surface area contributed by atoms with Crippen LogP contribution in [0.2, 0.25) is 0 Å². The molecule has 9 nitrogen and oxygen atoms in total. The molecule has 0 unspecified atom stereocenters. The Kier molecular flexibility index (Phi) is 5.53. The second kappa shape index (κ2) is 9.27. The highest BCUT2D eigenvalue weighted by atomic mass is 15.3. The Morgan fingerprint density at radius 3 is 2.59 bits per heavy atom. The Morgan fingerprint density at radius 1 is 0.902 bits per heavy atom. The van der Waals surface area contributed by atoms with Crippen molar-refractivity contribution >= 4 is 51.2 Å².